The van der Waals surface area contributed by atoms with Gasteiger partial charge in [0.05, 0.1) is 0 Å². The van der Waals surface area contributed by atoms with Gasteiger partial charge in [-0.25, -0.2) is 0 Å². The minimum atomic E-state index is -4.46. The second-order valence-electron chi connectivity index (χ2n) is 5.58. The summed E-state index contributed by atoms with van der Waals surface area (Å²) >= 11 is 6.09. The molecule has 8 heteroatoms. The monoisotopic (exact) mass is 338 g/mol. The van der Waals surface area contributed by atoms with E-state index in [4.69, 9.17) is 11.6 Å². The van der Waals surface area contributed by atoms with Crippen LogP contribution in [0.4, 0.5) is 13.2 Å². The van der Waals surface area contributed by atoms with Gasteiger partial charge in [0.2, 0.25) is 5.91 Å². The summed E-state index contributed by atoms with van der Waals surface area (Å²) in [5, 5.41) is 2.37. The lowest BCUT2D eigenvalue weighted by molar-refractivity contribution is -0.143. The topological polar surface area (TPSA) is 49.4 Å². The van der Waals surface area contributed by atoms with Crippen LogP contribution in [-0.2, 0) is 9.59 Å². The van der Waals surface area contributed by atoms with Gasteiger partial charge in [-0.1, -0.05) is 11.6 Å². The minimum Gasteiger partial charge on any atom is -0.345 e. The van der Waals surface area contributed by atoms with E-state index in [1.165, 1.54) is 4.90 Å². The number of alkyl halides is 3. The van der Waals surface area contributed by atoms with Gasteiger partial charge in [-0.05, 0) is 38.5 Å². The molecule has 4 nitrogen and oxygen atoms in total. The Bertz CT molecular complexity index is 491. The molecule has 1 aliphatic heterocycles. The highest BCUT2D eigenvalue weighted by Gasteiger charge is 2.37. The first-order valence-electron chi connectivity index (χ1n) is 7.32. The smallest absolute Gasteiger partial charge is 0.345 e. The normalized spacial score (nSPS) is 22.9. The van der Waals surface area contributed by atoms with E-state index < -0.39 is 24.7 Å². The lowest BCUT2D eigenvalue weighted by Crippen LogP contribution is -2.48. The van der Waals surface area contributed by atoms with Crippen LogP contribution in [0.1, 0.15) is 38.5 Å². The summed E-state index contributed by atoms with van der Waals surface area (Å²) in [6.45, 7) is -1.01. The summed E-state index contributed by atoms with van der Waals surface area (Å²) in [6, 6.07) is -0.839. The van der Waals surface area contributed by atoms with Crippen LogP contribution in [0.15, 0.2) is 10.6 Å². The molecule has 0 spiro atoms. The molecule has 2 amide bonds. The zero-order valence-electron chi connectivity index (χ0n) is 12.0. The van der Waals surface area contributed by atoms with E-state index >= 15 is 0 Å². The van der Waals surface area contributed by atoms with Crippen molar-refractivity contribution >= 4 is 23.4 Å². The van der Waals surface area contributed by atoms with Gasteiger partial charge in [0, 0.05) is 17.2 Å². The number of hydrogen-bond acceptors (Lipinski definition) is 2. The van der Waals surface area contributed by atoms with Crippen LogP contribution in [0.3, 0.4) is 0 Å². The number of nitrogens with one attached hydrogen (secondary N) is 1. The zero-order chi connectivity index (χ0) is 16.3. The number of hydrogen-bond donors (Lipinski definition) is 1. The standard InChI is InChI=1S/C14H18ClF3N2O2/c15-10-5-2-1-4-9(10)13(22)20-7-3-6-11(20)12(21)19-8-14(16,17)18/h11H,1-8H2,(H,19,21). The molecule has 1 unspecified atom stereocenters. The summed E-state index contributed by atoms with van der Waals surface area (Å²) in [5.41, 5.74) is 0.503. The number of halogens is 4. The molecule has 2 rings (SSSR count). The lowest BCUT2D eigenvalue weighted by Gasteiger charge is -2.27. The van der Waals surface area contributed by atoms with Crippen LogP contribution in [0.25, 0.3) is 0 Å². The Morgan fingerprint density at radius 2 is 1.91 bits per heavy atom. The first-order valence-corrected chi connectivity index (χ1v) is 7.70. The molecule has 1 N–H and O–H groups in total. The van der Waals surface area contributed by atoms with Crippen molar-refractivity contribution in [3.63, 3.8) is 0 Å². The third kappa shape index (κ3) is 4.15. The Labute approximate surface area is 131 Å². The summed E-state index contributed by atoms with van der Waals surface area (Å²) in [4.78, 5) is 25.8. The first-order chi connectivity index (χ1) is 10.3. The Kier molecular flexibility index (Phi) is 5.36. The van der Waals surface area contributed by atoms with E-state index in [1.807, 2.05) is 5.32 Å². The van der Waals surface area contributed by atoms with Crippen molar-refractivity contribution in [3.05, 3.63) is 10.6 Å². The molecule has 0 saturated carbocycles. The Morgan fingerprint density at radius 1 is 1.23 bits per heavy atom. The van der Waals surface area contributed by atoms with Gasteiger partial charge in [-0.15, -0.1) is 0 Å². The van der Waals surface area contributed by atoms with Crippen LogP contribution >= 0.6 is 11.6 Å². The molecule has 124 valence electrons. The maximum absolute atomic E-state index is 12.5. The average Bonchev–Trinajstić information content (AvgIpc) is 2.93. The Balaban J connectivity index is 2.04. The molecule has 0 aromatic carbocycles. The van der Waals surface area contributed by atoms with Gasteiger partial charge in [0.25, 0.3) is 5.91 Å². The molecule has 0 aromatic rings. The SMILES string of the molecule is O=C(NCC(F)(F)F)C1CCCN1C(=O)C1=C(Cl)CCCC1. The minimum absolute atomic E-state index is 0.311. The molecular weight excluding hydrogens is 321 g/mol. The molecule has 1 aliphatic carbocycles. The summed E-state index contributed by atoms with van der Waals surface area (Å²) in [6.07, 6.45) is -0.507. The highest BCUT2D eigenvalue weighted by Crippen LogP contribution is 2.31. The lowest BCUT2D eigenvalue weighted by atomic mass is 9.98. The number of allylic oxidation sites excluding steroid dienone is 1. The summed E-state index contributed by atoms with van der Waals surface area (Å²) in [5.74, 6) is -1.06. The molecule has 0 radical (unpaired) electrons. The van der Waals surface area contributed by atoms with Crippen LogP contribution < -0.4 is 5.32 Å². The third-order valence-corrected chi connectivity index (χ3v) is 4.36. The van der Waals surface area contributed by atoms with Crippen molar-refractivity contribution in [3.8, 4) is 0 Å². The van der Waals surface area contributed by atoms with Gasteiger partial charge in [0.1, 0.15) is 12.6 Å². The molecule has 22 heavy (non-hydrogen) atoms. The van der Waals surface area contributed by atoms with Crippen LogP contribution in [0, 0.1) is 0 Å². The highest BCUT2D eigenvalue weighted by molar-refractivity contribution is 6.32. The van der Waals surface area contributed by atoms with Crippen molar-refractivity contribution in [1.29, 1.82) is 0 Å². The van der Waals surface area contributed by atoms with Crippen molar-refractivity contribution in [2.24, 2.45) is 0 Å². The molecular formula is C14H18ClF3N2O2. The second-order valence-corrected chi connectivity index (χ2v) is 6.04. The molecule has 1 atom stereocenters. The van der Waals surface area contributed by atoms with Gasteiger partial charge in [0.15, 0.2) is 0 Å². The zero-order valence-corrected chi connectivity index (χ0v) is 12.8. The quantitative estimate of drug-likeness (QED) is 0.860. The number of amides is 2. The predicted molar refractivity (Wildman–Crippen MR) is 75.1 cm³/mol. The van der Waals surface area contributed by atoms with Crippen LogP contribution in [0.2, 0.25) is 0 Å². The maximum atomic E-state index is 12.5. The highest BCUT2D eigenvalue weighted by atomic mass is 35.5. The van der Waals surface area contributed by atoms with E-state index in [0.717, 1.165) is 12.8 Å². The van der Waals surface area contributed by atoms with E-state index in [2.05, 4.69) is 0 Å². The van der Waals surface area contributed by atoms with Crippen molar-refractivity contribution < 1.29 is 22.8 Å². The largest absolute Gasteiger partial charge is 0.405 e. The van der Waals surface area contributed by atoms with Gasteiger partial charge < -0.3 is 10.2 Å². The van der Waals surface area contributed by atoms with E-state index in [0.29, 0.717) is 42.8 Å². The van der Waals surface area contributed by atoms with Gasteiger partial charge >= 0.3 is 6.18 Å². The van der Waals surface area contributed by atoms with Crippen molar-refractivity contribution in [2.75, 3.05) is 13.1 Å². The summed E-state index contributed by atoms with van der Waals surface area (Å²) in [7, 11) is 0. The fourth-order valence-corrected chi connectivity index (χ4v) is 3.16. The predicted octanol–water partition coefficient (Wildman–Crippen LogP) is 2.72. The molecule has 2 aliphatic rings. The fourth-order valence-electron chi connectivity index (χ4n) is 2.85. The Morgan fingerprint density at radius 3 is 2.55 bits per heavy atom. The summed E-state index contributed by atoms with van der Waals surface area (Å²) < 4.78 is 36.5. The first kappa shape index (κ1) is 17.1. The van der Waals surface area contributed by atoms with Crippen LogP contribution in [-0.4, -0.2) is 42.0 Å². The molecule has 0 bridgehead atoms. The van der Waals surface area contributed by atoms with E-state index in [1.54, 1.807) is 0 Å². The number of rotatable bonds is 3. The number of carbonyl (C=O) groups excluding carboxylic acids is 2. The number of nitrogens with zero attached hydrogens (tertiary/aromatic N) is 1. The molecule has 1 heterocycles. The Hall–Kier alpha value is -1.24. The molecule has 0 aromatic heterocycles. The second kappa shape index (κ2) is 6.89. The van der Waals surface area contributed by atoms with Gasteiger partial charge in [-0.2, -0.15) is 13.2 Å². The molecule has 1 saturated heterocycles. The van der Waals surface area contributed by atoms with Crippen molar-refractivity contribution in [1.82, 2.24) is 10.2 Å². The molecule has 1 fully saturated rings. The van der Waals surface area contributed by atoms with Crippen molar-refractivity contribution in [2.45, 2.75) is 50.7 Å². The maximum Gasteiger partial charge on any atom is 0.405 e. The third-order valence-electron chi connectivity index (χ3n) is 3.94. The average molecular weight is 339 g/mol. The van der Waals surface area contributed by atoms with E-state index in [9.17, 15) is 22.8 Å². The number of likely N-dealkylation sites (tertiary alicyclic amines) is 1. The fraction of sp³-hybridized carbons (Fsp3) is 0.714. The number of carbonyl (C=O) groups is 2. The van der Waals surface area contributed by atoms with Gasteiger partial charge in [-0.3, -0.25) is 9.59 Å². The van der Waals surface area contributed by atoms with Crippen LogP contribution in [0.5, 0.6) is 0 Å². The van der Waals surface area contributed by atoms with E-state index in [-0.39, 0.29) is 5.91 Å².